The lowest BCUT2D eigenvalue weighted by atomic mass is 10.1. The molecule has 0 spiro atoms. The lowest BCUT2D eigenvalue weighted by molar-refractivity contribution is 0.301. The van der Waals surface area contributed by atoms with Gasteiger partial charge in [0.25, 0.3) is 0 Å². The third kappa shape index (κ3) is 4.29. The molecule has 21 heavy (non-hydrogen) atoms. The lowest BCUT2D eigenvalue weighted by Crippen LogP contribution is -1.99. The van der Waals surface area contributed by atoms with Crippen molar-refractivity contribution in [2.75, 3.05) is 0 Å². The number of nitrogens with zero attached hydrogens (tertiary/aromatic N) is 1. The first kappa shape index (κ1) is 16.5. The van der Waals surface area contributed by atoms with Crippen molar-refractivity contribution < 1.29 is 9.13 Å². The minimum Gasteiger partial charge on any atom is -0.487 e. The summed E-state index contributed by atoms with van der Waals surface area (Å²) in [5.41, 5.74) is 1.98. The van der Waals surface area contributed by atoms with E-state index in [1.54, 1.807) is 6.07 Å². The monoisotopic (exact) mass is 475 g/mol. The Kier molecular flexibility index (Phi) is 5.80. The maximum absolute atomic E-state index is 13.4. The maximum Gasteiger partial charge on any atom is 0.148 e. The molecule has 0 atom stereocenters. The Labute approximate surface area is 147 Å². The molecule has 2 rings (SSSR count). The third-order valence-electron chi connectivity index (χ3n) is 2.68. The predicted molar refractivity (Wildman–Crippen MR) is 89.9 cm³/mol. The van der Waals surface area contributed by atoms with Crippen LogP contribution in [0, 0.1) is 17.1 Å². The van der Waals surface area contributed by atoms with Gasteiger partial charge in [0.1, 0.15) is 18.2 Å². The normalized spacial score (nSPS) is 10.2. The van der Waals surface area contributed by atoms with Crippen molar-refractivity contribution in [3.63, 3.8) is 0 Å². The SMILES string of the molecule is N#Cc1cc(F)cc(COc2c(Br)cc(CBr)cc2Br)c1. The summed E-state index contributed by atoms with van der Waals surface area (Å²) >= 11 is 10.3. The number of nitriles is 1. The molecule has 0 saturated carbocycles. The van der Waals surface area contributed by atoms with Crippen molar-refractivity contribution in [2.45, 2.75) is 11.9 Å². The van der Waals surface area contributed by atoms with Gasteiger partial charge in [-0.3, -0.25) is 0 Å². The molecule has 0 N–H and O–H groups in total. The van der Waals surface area contributed by atoms with Gasteiger partial charge in [-0.05, 0) is 73.3 Å². The van der Waals surface area contributed by atoms with Crippen molar-refractivity contribution in [1.29, 1.82) is 5.26 Å². The van der Waals surface area contributed by atoms with Crippen LogP contribution in [-0.2, 0) is 11.9 Å². The number of alkyl halides is 1. The molecule has 0 saturated heterocycles. The standard InChI is InChI=1S/C15H9Br3FNO/c16-6-9-4-13(17)15(14(18)5-9)21-8-11-1-10(7-20)2-12(19)3-11/h1-5H,6,8H2. The third-order valence-corrected chi connectivity index (χ3v) is 4.51. The van der Waals surface area contributed by atoms with Gasteiger partial charge in [-0.25, -0.2) is 4.39 Å². The Bertz CT molecular complexity index is 690. The summed E-state index contributed by atoms with van der Waals surface area (Å²) in [5, 5.41) is 9.58. The molecule has 0 fully saturated rings. The van der Waals surface area contributed by atoms with Crippen LogP contribution in [0.3, 0.4) is 0 Å². The second kappa shape index (κ2) is 7.39. The minimum atomic E-state index is -0.444. The van der Waals surface area contributed by atoms with E-state index in [4.69, 9.17) is 10.00 Å². The Balaban J connectivity index is 2.21. The molecule has 0 radical (unpaired) electrons. The van der Waals surface area contributed by atoms with Crippen molar-refractivity contribution >= 4 is 47.8 Å². The van der Waals surface area contributed by atoms with Gasteiger partial charge in [-0.2, -0.15) is 5.26 Å². The van der Waals surface area contributed by atoms with Crippen LogP contribution in [0.15, 0.2) is 39.3 Å². The lowest BCUT2D eigenvalue weighted by Gasteiger charge is -2.12. The summed E-state index contributed by atoms with van der Waals surface area (Å²) in [6.45, 7) is 0.178. The molecule has 108 valence electrons. The Morgan fingerprint density at radius 1 is 1.05 bits per heavy atom. The number of hydrogen-bond donors (Lipinski definition) is 0. The highest BCUT2D eigenvalue weighted by molar-refractivity contribution is 9.11. The van der Waals surface area contributed by atoms with Crippen LogP contribution in [0.1, 0.15) is 16.7 Å². The van der Waals surface area contributed by atoms with Gasteiger partial charge in [0.2, 0.25) is 0 Å². The van der Waals surface area contributed by atoms with E-state index < -0.39 is 5.82 Å². The highest BCUT2D eigenvalue weighted by Gasteiger charge is 2.10. The molecular weight excluding hydrogens is 469 g/mol. The first-order valence-corrected chi connectivity index (χ1v) is 8.60. The average molecular weight is 478 g/mol. The molecular formula is C15H9Br3FNO. The molecule has 0 aliphatic carbocycles. The summed E-state index contributed by atoms with van der Waals surface area (Å²) in [6, 6.07) is 9.98. The molecule has 0 aromatic heterocycles. The number of halogens is 4. The summed E-state index contributed by atoms with van der Waals surface area (Å²) in [7, 11) is 0. The molecule has 0 amide bonds. The van der Waals surface area contributed by atoms with E-state index >= 15 is 0 Å². The summed E-state index contributed by atoms with van der Waals surface area (Å²) in [4.78, 5) is 0. The van der Waals surface area contributed by atoms with Crippen molar-refractivity contribution in [1.82, 2.24) is 0 Å². The zero-order valence-corrected chi connectivity index (χ0v) is 15.4. The zero-order chi connectivity index (χ0) is 15.4. The van der Waals surface area contributed by atoms with Gasteiger partial charge in [0.05, 0.1) is 20.6 Å². The van der Waals surface area contributed by atoms with Crippen molar-refractivity contribution in [3.8, 4) is 11.8 Å². The van der Waals surface area contributed by atoms with Crippen LogP contribution in [0.5, 0.6) is 5.75 Å². The zero-order valence-electron chi connectivity index (χ0n) is 10.7. The molecule has 2 aromatic carbocycles. The van der Waals surface area contributed by atoms with Gasteiger partial charge in [0, 0.05) is 5.33 Å². The maximum atomic E-state index is 13.4. The highest BCUT2D eigenvalue weighted by Crippen LogP contribution is 2.35. The van der Waals surface area contributed by atoms with Crippen molar-refractivity contribution in [2.24, 2.45) is 0 Å². The fourth-order valence-electron chi connectivity index (χ4n) is 1.78. The van der Waals surface area contributed by atoms with Crippen LogP contribution in [0.2, 0.25) is 0 Å². The quantitative estimate of drug-likeness (QED) is 0.529. The van der Waals surface area contributed by atoms with E-state index in [9.17, 15) is 4.39 Å². The Hall–Kier alpha value is -0.900. The van der Waals surface area contributed by atoms with E-state index in [1.165, 1.54) is 12.1 Å². The largest absolute Gasteiger partial charge is 0.487 e. The second-order valence-corrected chi connectivity index (χ2v) is 6.54. The molecule has 0 heterocycles. The predicted octanol–water partition coefficient (Wildman–Crippen LogP) is 5.70. The highest BCUT2D eigenvalue weighted by atomic mass is 79.9. The van der Waals surface area contributed by atoms with Crippen LogP contribution in [-0.4, -0.2) is 0 Å². The first-order chi connectivity index (χ1) is 10.0. The van der Waals surface area contributed by atoms with E-state index in [2.05, 4.69) is 47.8 Å². The van der Waals surface area contributed by atoms with Crippen LogP contribution < -0.4 is 4.74 Å². The first-order valence-electron chi connectivity index (χ1n) is 5.89. The second-order valence-electron chi connectivity index (χ2n) is 4.27. The number of rotatable bonds is 4. The van der Waals surface area contributed by atoms with Crippen molar-refractivity contribution in [3.05, 3.63) is 61.8 Å². The molecule has 0 unspecified atom stereocenters. The van der Waals surface area contributed by atoms with Gasteiger partial charge < -0.3 is 4.74 Å². The van der Waals surface area contributed by atoms with Gasteiger partial charge in [-0.15, -0.1) is 0 Å². The summed E-state index contributed by atoms with van der Waals surface area (Å²) < 4.78 is 20.7. The molecule has 6 heteroatoms. The number of ether oxygens (including phenoxy) is 1. The smallest absolute Gasteiger partial charge is 0.148 e. The topological polar surface area (TPSA) is 33.0 Å². The molecule has 0 aliphatic heterocycles. The van der Waals surface area contributed by atoms with Crippen LogP contribution in [0.4, 0.5) is 4.39 Å². The van der Waals surface area contributed by atoms with Gasteiger partial charge in [0.15, 0.2) is 0 Å². The molecule has 2 nitrogen and oxygen atoms in total. The fraction of sp³-hybridized carbons (Fsp3) is 0.133. The van der Waals surface area contributed by atoms with Gasteiger partial charge in [-0.1, -0.05) is 15.9 Å². The molecule has 0 aliphatic rings. The Morgan fingerprint density at radius 3 is 2.29 bits per heavy atom. The van der Waals surface area contributed by atoms with E-state index in [1.807, 2.05) is 18.2 Å². The fourth-order valence-corrected chi connectivity index (χ4v) is 3.62. The van der Waals surface area contributed by atoms with Crippen LogP contribution in [0.25, 0.3) is 0 Å². The van der Waals surface area contributed by atoms with E-state index in [-0.39, 0.29) is 12.2 Å². The summed E-state index contributed by atoms with van der Waals surface area (Å²) in [6.07, 6.45) is 0. The number of benzene rings is 2. The summed E-state index contributed by atoms with van der Waals surface area (Å²) in [5.74, 6) is 0.197. The van der Waals surface area contributed by atoms with Gasteiger partial charge >= 0.3 is 0 Å². The molecule has 2 aromatic rings. The minimum absolute atomic E-state index is 0.178. The average Bonchev–Trinajstić information content (AvgIpc) is 2.45. The molecule has 0 bridgehead atoms. The van der Waals surface area contributed by atoms with E-state index in [0.717, 1.165) is 19.8 Å². The van der Waals surface area contributed by atoms with E-state index in [0.29, 0.717) is 11.3 Å². The number of hydrogen-bond acceptors (Lipinski definition) is 2. The van der Waals surface area contributed by atoms with Crippen LogP contribution >= 0.6 is 47.8 Å². The Morgan fingerprint density at radius 2 is 1.71 bits per heavy atom.